The fraction of sp³-hybridized carbons (Fsp3) is 0.158. The largest absolute Gasteiger partial charge is 0.449 e. The van der Waals surface area contributed by atoms with Crippen LogP contribution in [0.5, 0.6) is 0 Å². The van der Waals surface area contributed by atoms with Gasteiger partial charge < -0.3 is 10.1 Å². The molecule has 2 rings (SSSR count). The molecule has 0 radical (unpaired) electrons. The van der Waals surface area contributed by atoms with Crippen LogP contribution in [0.3, 0.4) is 0 Å². The van der Waals surface area contributed by atoms with E-state index in [1.54, 1.807) is 30.3 Å². The molecule has 1 N–H and O–H groups in total. The second-order valence-electron chi connectivity index (χ2n) is 5.33. The number of hydrogen-bond acceptors (Lipinski definition) is 3. The number of carbonyl (C=O) groups excluding carboxylic acids is 2. The maximum absolute atomic E-state index is 12.0. The molecule has 1 atom stereocenters. The molecule has 0 aliphatic carbocycles. The summed E-state index contributed by atoms with van der Waals surface area (Å²) in [5.41, 5.74) is 2.54. The minimum atomic E-state index is -0.918. The molecule has 0 heterocycles. The van der Waals surface area contributed by atoms with Crippen molar-refractivity contribution < 1.29 is 14.3 Å². The standard InChI is InChI=1S/C19H18ClNO3/c1-13-5-3-6-15(11-13)9-10-18(22)24-14(2)19(23)21-17-8-4-7-16(20)12-17/h3-12,14H,1-2H3,(H,21,23)/b10-9+/t14-/m1/s1. The van der Waals surface area contributed by atoms with Crippen molar-refractivity contribution in [2.75, 3.05) is 5.32 Å². The lowest BCUT2D eigenvalue weighted by Gasteiger charge is -2.12. The van der Waals surface area contributed by atoms with E-state index in [-0.39, 0.29) is 0 Å². The molecule has 2 aromatic carbocycles. The maximum atomic E-state index is 12.0. The van der Waals surface area contributed by atoms with Gasteiger partial charge in [0.05, 0.1) is 0 Å². The zero-order chi connectivity index (χ0) is 17.5. The zero-order valence-electron chi connectivity index (χ0n) is 13.5. The van der Waals surface area contributed by atoms with E-state index >= 15 is 0 Å². The summed E-state index contributed by atoms with van der Waals surface area (Å²) in [6.45, 7) is 3.48. The summed E-state index contributed by atoms with van der Waals surface area (Å²) in [7, 11) is 0. The molecule has 0 aromatic heterocycles. The van der Waals surface area contributed by atoms with Gasteiger partial charge in [-0.2, -0.15) is 0 Å². The van der Waals surface area contributed by atoms with E-state index in [0.717, 1.165) is 11.1 Å². The van der Waals surface area contributed by atoms with Gasteiger partial charge >= 0.3 is 5.97 Å². The zero-order valence-corrected chi connectivity index (χ0v) is 14.2. The van der Waals surface area contributed by atoms with Crippen molar-refractivity contribution >= 4 is 35.2 Å². The van der Waals surface area contributed by atoms with Gasteiger partial charge in [0.25, 0.3) is 5.91 Å². The van der Waals surface area contributed by atoms with Gasteiger partial charge in [-0.1, -0.05) is 47.5 Å². The van der Waals surface area contributed by atoms with Crippen molar-refractivity contribution in [1.29, 1.82) is 0 Å². The lowest BCUT2D eigenvalue weighted by molar-refractivity contribution is -0.148. The number of anilines is 1. The molecule has 0 fully saturated rings. The molecule has 24 heavy (non-hydrogen) atoms. The van der Waals surface area contributed by atoms with Gasteiger partial charge in [-0.25, -0.2) is 4.79 Å². The smallest absolute Gasteiger partial charge is 0.331 e. The van der Waals surface area contributed by atoms with E-state index in [1.165, 1.54) is 13.0 Å². The molecule has 0 spiro atoms. The molecule has 0 bridgehead atoms. The van der Waals surface area contributed by atoms with E-state index in [2.05, 4.69) is 5.32 Å². The molecule has 2 aromatic rings. The fourth-order valence-corrected chi connectivity index (χ4v) is 2.21. The number of amides is 1. The predicted molar refractivity (Wildman–Crippen MR) is 95.8 cm³/mol. The van der Waals surface area contributed by atoms with Crippen molar-refractivity contribution in [3.8, 4) is 0 Å². The van der Waals surface area contributed by atoms with Gasteiger partial charge in [0.15, 0.2) is 6.10 Å². The van der Waals surface area contributed by atoms with Gasteiger partial charge in [0, 0.05) is 16.8 Å². The number of ether oxygens (including phenoxy) is 1. The Morgan fingerprint density at radius 1 is 1.17 bits per heavy atom. The van der Waals surface area contributed by atoms with E-state index < -0.39 is 18.0 Å². The topological polar surface area (TPSA) is 55.4 Å². The van der Waals surface area contributed by atoms with Crippen molar-refractivity contribution in [3.63, 3.8) is 0 Å². The first-order valence-electron chi connectivity index (χ1n) is 7.46. The second-order valence-corrected chi connectivity index (χ2v) is 5.76. The number of aryl methyl sites for hydroxylation is 1. The van der Waals surface area contributed by atoms with Crippen LogP contribution in [0.2, 0.25) is 5.02 Å². The van der Waals surface area contributed by atoms with Gasteiger partial charge in [0.2, 0.25) is 0 Å². The van der Waals surface area contributed by atoms with Crippen molar-refractivity contribution in [3.05, 3.63) is 70.8 Å². The highest BCUT2D eigenvalue weighted by molar-refractivity contribution is 6.30. The summed E-state index contributed by atoms with van der Waals surface area (Å²) in [6.07, 6.45) is 2.04. The van der Waals surface area contributed by atoms with Crippen molar-refractivity contribution in [2.45, 2.75) is 20.0 Å². The first-order chi connectivity index (χ1) is 11.4. The highest BCUT2D eigenvalue weighted by atomic mass is 35.5. The third-order valence-electron chi connectivity index (χ3n) is 3.21. The molecule has 124 valence electrons. The van der Waals surface area contributed by atoms with Crippen molar-refractivity contribution in [2.24, 2.45) is 0 Å². The van der Waals surface area contributed by atoms with Crippen LogP contribution in [-0.2, 0) is 14.3 Å². The summed E-state index contributed by atoms with van der Waals surface area (Å²) < 4.78 is 5.10. The van der Waals surface area contributed by atoms with Crippen LogP contribution in [0, 0.1) is 6.92 Å². The SMILES string of the molecule is Cc1cccc(/C=C/C(=O)O[C@H](C)C(=O)Nc2cccc(Cl)c2)c1. The molecule has 4 nitrogen and oxygen atoms in total. The van der Waals surface area contributed by atoms with Crippen LogP contribution >= 0.6 is 11.6 Å². The van der Waals surface area contributed by atoms with Crippen LogP contribution in [0.4, 0.5) is 5.69 Å². The Hall–Kier alpha value is -2.59. The predicted octanol–water partition coefficient (Wildman–Crippen LogP) is 4.23. The Labute approximate surface area is 146 Å². The first kappa shape index (κ1) is 17.8. The van der Waals surface area contributed by atoms with Gasteiger partial charge in [-0.15, -0.1) is 0 Å². The summed E-state index contributed by atoms with van der Waals surface area (Å²) in [5, 5.41) is 3.16. The van der Waals surface area contributed by atoms with Crippen LogP contribution in [0.15, 0.2) is 54.6 Å². The fourth-order valence-electron chi connectivity index (χ4n) is 2.02. The molecular weight excluding hydrogens is 326 g/mol. The molecule has 1 amide bonds. The van der Waals surface area contributed by atoms with Gasteiger partial charge in [-0.3, -0.25) is 4.79 Å². The number of hydrogen-bond donors (Lipinski definition) is 1. The molecule has 0 aliphatic rings. The van der Waals surface area contributed by atoms with Crippen LogP contribution in [-0.4, -0.2) is 18.0 Å². The normalized spacial score (nSPS) is 12.0. The van der Waals surface area contributed by atoms with Crippen molar-refractivity contribution in [1.82, 2.24) is 0 Å². The van der Waals surface area contributed by atoms with E-state index in [0.29, 0.717) is 10.7 Å². The average Bonchev–Trinajstić information content (AvgIpc) is 2.53. The van der Waals surface area contributed by atoms with Crippen LogP contribution in [0.25, 0.3) is 6.08 Å². The average molecular weight is 344 g/mol. The Balaban J connectivity index is 1.89. The Kier molecular flexibility index (Phi) is 6.15. The summed E-state index contributed by atoms with van der Waals surface area (Å²) in [5.74, 6) is -1.00. The highest BCUT2D eigenvalue weighted by Crippen LogP contribution is 2.15. The molecule has 0 aliphatic heterocycles. The highest BCUT2D eigenvalue weighted by Gasteiger charge is 2.16. The first-order valence-corrected chi connectivity index (χ1v) is 7.83. The lowest BCUT2D eigenvalue weighted by Crippen LogP contribution is -2.29. The van der Waals surface area contributed by atoms with E-state index in [9.17, 15) is 9.59 Å². The van der Waals surface area contributed by atoms with Crippen LogP contribution in [0.1, 0.15) is 18.1 Å². The number of nitrogens with one attached hydrogen (secondary N) is 1. The number of esters is 1. The molecule has 0 saturated carbocycles. The number of carbonyl (C=O) groups is 2. The summed E-state index contributed by atoms with van der Waals surface area (Å²) in [6, 6.07) is 14.4. The number of benzene rings is 2. The molecular formula is C19H18ClNO3. The Morgan fingerprint density at radius 3 is 2.62 bits per heavy atom. The minimum Gasteiger partial charge on any atom is -0.449 e. The maximum Gasteiger partial charge on any atom is 0.331 e. The molecule has 5 heteroatoms. The minimum absolute atomic E-state index is 0.422. The van der Waals surface area contributed by atoms with Crippen LogP contribution < -0.4 is 5.32 Å². The summed E-state index contributed by atoms with van der Waals surface area (Å²) >= 11 is 5.86. The number of rotatable bonds is 5. The van der Waals surface area contributed by atoms with Gasteiger partial charge in [-0.05, 0) is 43.7 Å². The lowest BCUT2D eigenvalue weighted by atomic mass is 10.1. The van der Waals surface area contributed by atoms with E-state index in [4.69, 9.17) is 16.3 Å². The van der Waals surface area contributed by atoms with Gasteiger partial charge in [0.1, 0.15) is 0 Å². The Morgan fingerprint density at radius 2 is 1.92 bits per heavy atom. The third-order valence-corrected chi connectivity index (χ3v) is 3.44. The monoisotopic (exact) mass is 343 g/mol. The molecule has 0 unspecified atom stereocenters. The number of halogens is 1. The Bertz CT molecular complexity index is 771. The molecule has 0 saturated heterocycles. The van der Waals surface area contributed by atoms with E-state index in [1.807, 2.05) is 31.2 Å². The second kappa shape index (κ2) is 8.31. The third kappa shape index (κ3) is 5.56. The quantitative estimate of drug-likeness (QED) is 0.652. The summed E-state index contributed by atoms with van der Waals surface area (Å²) in [4.78, 5) is 23.8.